The van der Waals surface area contributed by atoms with Gasteiger partial charge in [0.05, 0.1) is 11.5 Å². The van der Waals surface area contributed by atoms with E-state index in [1.807, 2.05) is 0 Å². The number of nitrogens with one attached hydrogen (secondary N) is 2. The third-order valence-electron chi connectivity index (χ3n) is 5.64. The Balaban J connectivity index is 1.42. The Hall–Kier alpha value is -1.80. The second-order valence-corrected chi connectivity index (χ2v) is 9.67. The molecule has 0 radical (unpaired) electrons. The van der Waals surface area contributed by atoms with E-state index in [1.54, 1.807) is 12.1 Å². The molecule has 0 spiro atoms. The molecule has 2 fully saturated rings. The van der Waals surface area contributed by atoms with Gasteiger partial charge in [-0.2, -0.15) is 0 Å². The van der Waals surface area contributed by atoms with Crippen molar-refractivity contribution in [1.82, 2.24) is 14.9 Å². The van der Waals surface area contributed by atoms with E-state index in [-0.39, 0.29) is 10.9 Å². The summed E-state index contributed by atoms with van der Waals surface area (Å²) in [6.07, 6.45) is 9.95. The van der Waals surface area contributed by atoms with E-state index in [2.05, 4.69) is 14.9 Å². The number of rotatable bonds is 8. The molecular weight excluding hydrogens is 390 g/mol. The van der Waals surface area contributed by atoms with Gasteiger partial charge in [0.15, 0.2) is 0 Å². The number of hydrogen-bond acceptors (Lipinski definition) is 5. The number of hydrogen-bond donors (Lipinski definition) is 2. The highest BCUT2D eigenvalue weighted by atomic mass is 32.2. The maximum absolute atomic E-state index is 12.4. The Kier molecular flexibility index (Phi) is 8.18. The third kappa shape index (κ3) is 7.19. The van der Waals surface area contributed by atoms with Crippen molar-refractivity contribution in [3.8, 4) is 5.75 Å². The highest BCUT2D eigenvalue weighted by Gasteiger charge is 2.21. The van der Waals surface area contributed by atoms with Crippen molar-refractivity contribution in [2.75, 3.05) is 26.2 Å². The van der Waals surface area contributed by atoms with Crippen LogP contribution in [0.1, 0.15) is 57.8 Å². The molecule has 0 unspecified atom stereocenters. The van der Waals surface area contributed by atoms with Crippen LogP contribution >= 0.6 is 0 Å². The van der Waals surface area contributed by atoms with Crippen molar-refractivity contribution in [2.45, 2.75) is 68.7 Å². The molecule has 3 rings (SSSR count). The van der Waals surface area contributed by atoms with Crippen LogP contribution in [0.3, 0.4) is 0 Å². The van der Waals surface area contributed by atoms with Crippen molar-refractivity contribution in [1.29, 1.82) is 0 Å². The van der Waals surface area contributed by atoms with Gasteiger partial charge < -0.3 is 15.0 Å². The Bertz CT molecular complexity index is 740. The standard InChI is InChI=1S/C21H33N3O4S/c25-21(22-18-8-3-1-4-9-18)23-29(26,27)20-12-10-19(11-13-20)28-17-7-16-24-14-5-2-6-15-24/h10-13,18H,1-9,14-17H2,(H2,22,23,25). The number of benzene rings is 1. The molecule has 8 heteroatoms. The highest BCUT2D eigenvalue weighted by Crippen LogP contribution is 2.18. The van der Waals surface area contributed by atoms with Crippen LogP contribution in [-0.4, -0.2) is 51.6 Å². The van der Waals surface area contributed by atoms with Crippen LogP contribution in [0.15, 0.2) is 29.2 Å². The van der Waals surface area contributed by atoms with E-state index in [4.69, 9.17) is 4.74 Å². The molecule has 0 atom stereocenters. The minimum absolute atomic E-state index is 0.0527. The van der Waals surface area contributed by atoms with Gasteiger partial charge in [0.2, 0.25) is 0 Å². The number of ether oxygens (including phenoxy) is 1. The average Bonchev–Trinajstić information content (AvgIpc) is 2.72. The van der Waals surface area contributed by atoms with Crippen molar-refractivity contribution in [2.24, 2.45) is 0 Å². The summed E-state index contributed by atoms with van der Waals surface area (Å²) in [7, 11) is -3.89. The van der Waals surface area contributed by atoms with Gasteiger partial charge in [-0.05, 0) is 69.5 Å². The number of amides is 2. The largest absolute Gasteiger partial charge is 0.494 e. The van der Waals surface area contributed by atoms with Gasteiger partial charge in [-0.15, -0.1) is 0 Å². The number of piperidine rings is 1. The molecule has 1 aliphatic heterocycles. The van der Waals surface area contributed by atoms with Gasteiger partial charge in [-0.1, -0.05) is 25.7 Å². The van der Waals surface area contributed by atoms with Gasteiger partial charge in [-0.25, -0.2) is 17.9 Å². The van der Waals surface area contributed by atoms with Crippen LogP contribution in [0.4, 0.5) is 4.79 Å². The van der Waals surface area contributed by atoms with Gasteiger partial charge in [-0.3, -0.25) is 0 Å². The smallest absolute Gasteiger partial charge is 0.328 e. The minimum Gasteiger partial charge on any atom is -0.494 e. The molecule has 29 heavy (non-hydrogen) atoms. The molecule has 1 saturated heterocycles. The minimum atomic E-state index is -3.89. The lowest BCUT2D eigenvalue weighted by Gasteiger charge is -2.26. The maximum atomic E-state index is 12.4. The number of carbonyl (C=O) groups is 1. The first-order chi connectivity index (χ1) is 14.0. The predicted molar refractivity (Wildman–Crippen MR) is 113 cm³/mol. The molecule has 1 aromatic rings. The summed E-state index contributed by atoms with van der Waals surface area (Å²) >= 11 is 0. The lowest BCUT2D eigenvalue weighted by atomic mass is 9.96. The zero-order valence-corrected chi connectivity index (χ0v) is 17.9. The first-order valence-electron chi connectivity index (χ1n) is 10.8. The van der Waals surface area contributed by atoms with E-state index in [0.29, 0.717) is 12.4 Å². The highest BCUT2D eigenvalue weighted by molar-refractivity contribution is 7.90. The second kappa shape index (κ2) is 10.8. The molecule has 1 saturated carbocycles. The van der Waals surface area contributed by atoms with E-state index in [0.717, 1.165) is 38.6 Å². The van der Waals surface area contributed by atoms with Crippen LogP contribution in [0, 0.1) is 0 Å². The first kappa shape index (κ1) is 21.9. The molecular formula is C21H33N3O4S. The summed E-state index contributed by atoms with van der Waals surface area (Å²) in [5.74, 6) is 0.634. The SMILES string of the molecule is O=C(NC1CCCCC1)NS(=O)(=O)c1ccc(OCCCN2CCCCC2)cc1. The topological polar surface area (TPSA) is 87.7 Å². The lowest BCUT2D eigenvalue weighted by Crippen LogP contribution is -2.45. The van der Waals surface area contributed by atoms with E-state index >= 15 is 0 Å². The van der Waals surface area contributed by atoms with E-state index in [1.165, 1.54) is 50.9 Å². The maximum Gasteiger partial charge on any atom is 0.328 e. The molecule has 2 N–H and O–H groups in total. The molecule has 2 aliphatic rings. The monoisotopic (exact) mass is 423 g/mol. The normalized spacial score (nSPS) is 18.9. The summed E-state index contributed by atoms with van der Waals surface area (Å²) in [6, 6.07) is 5.60. The summed E-state index contributed by atoms with van der Waals surface area (Å²) < 4.78 is 32.7. The molecule has 0 bridgehead atoms. The average molecular weight is 424 g/mol. The lowest BCUT2D eigenvalue weighted by molar-refractivity contribution is 0.205. The summed E-state index contributed by atoms with van der Waals surface area (Å²) in [5.41, 5.74) is 0. The van der Waals surface area contributed by atoms with Crippen LogP contribution in [0.2, 0.25) is 0 Å². The van der Waals surface area contributed by atoms with E-state index < -0.39 is 16.1 Å². The van der Waals surface area contributed by atoms with Gasteiger partial charge in [0, 0.05) is 12.6 Å². The molecule has 1 aromatic carbocycles. The fourth-order valence-corrected chi connectivity index (χ4v) is 4.93. The fourth-order valence-electron chi connectivity index (χ4n) is 4.02. The van der Waals surface area contributed by atoms with Crippen molar-refractivity contribution < 1.29 is 17.9 Å². The van der Waals surface area contributed by atoms with E-state index in [9.17, 15) is 13.2 Å². The molecule has 162 valence electrons. The van der Waals surface area contributed by atoms with Crippen LogP contribution < -0.4 is 14.8 Å². The third-order valence-corrected chi connectivity index (χ3v) is 6.98. The zero-order chi connectivity index (χ0) is 20.5. The Morgan fingerprint density at radius 3 is 2.34 bits per heavy atom. The van der Waals surface area contributed by atoms with Gasteiger partial charge >= 0.3 is 6.03 Å². The van der Waals surface area contributed by atoms with Crippen LogP contribution in [0.25, 0.3) is 0 Å². The fraction of sp³-hybridized carbons (Fsp3) is 0.667. The Morgan fingerprint density at radius 2 is 1.66 bits per heavy atom. The zero-order valence-electron chi connectivity index (χ0n) is 17.1. The molecule has 0 aromatic heterocycles. The number of sulfonamides is 1. The van der Waals surface area contributed by atoms with Gasteiger partial charge in [0.25, 0.3) is 10.0 Å². The Labute approximate surface area is 174 Å². The van der Waals surface area contributed by atoms with Crippen LogP contribution in [-0.2, 0) is 10.0 Å². The summed E-state index contributed by atoms with van der Waals surface area (Å²) in [4.78, 5) is 14.6. The second-order valence-electron chi connectivity index (χ2n) is 7.99. The number of carbonyl (C=O) groups excluding carboxylic acids is 1. The molecule has 7 nitrogen and oxygen atoms in total. The summed E-state index contributed by atoms with van der Waals surface area (Å²) in [6.45, 7) is 3.99. The quantitative estimate of drug-likeness (QED) is 0.627. The Morgan fingerprint density at radius 1 is 1.00 bits per heavy atom. The van der Waals surface area contributed by atoms with Crippen LogP contribution in [0.5, 0.6) is 5.75 Å². The number of nitrogens with zero attached hydrogens (tertiary/aromatic N) is 1. The number of likely N-dealkylation sites (tertiary alicyclic amines) is 1. The van der Waals surface area contributed by atoms with Crippen molar-refractivity contribution in [3.63, 3.8) is 0 Å². The van der Waals surface area contributed by atoms with Crippen molar-refractivity contribution in [3.05, 3.63) is 24.3 Å². The molecule has 2 amide bonds. The van der Waals surface area contributed by atoms with Gasteiger partial charge in [0.1, 0.15) is 5.75 Å². The van der Waals surface area contributed by atoms with Crippen molar-refractivity contribution >= 4 is 16.1 Å². The predicted octanol–water partition coefficient (Wildman–Crippen LogP) is 3.26. The first-order valence-corrected chi connectivity index (χ1v) is 12.3. The summed E-state index contributed by atoms with van der Waals surface area (Å²) in [5, 5.41) is 2.76. The molecule has 1 heterocycles. The number of urea groups is 1. The molecule has 1 aliphatic carbocycles.